The van der Waals surface area contributed by atoms with Crippen LogP contribution < -0.4 is 167 Å². The second-order valence-corrected chi connectivity index (χ2v) is 17.2. The van der Waals surface area contributed by atoms with Gasteiger partial charge in [0.2, 0.25) is 49.3 Å². The van der Waals surface area contributed by atoms with E-state index >= 15 is 0 Å². The van der Waals surface area contributed by atoms with E-state index < -0.39 is 84.2 Å². The molecule has 0 unspecified atom stereocenters. The van der Waals surface area contributed by atoms with Gasteiger partial charge in [-0.15, -0.1) is 0 Å². The first kappa shape index (κ1) is 65.9. The quantitative estimate of drug-likeness (QED) is 0.0408. The van der Waals surface area contributed by atoms with Gasteiger partial charge >= 0.3 is 138 Å². The van der Waals surface area contributed by atoms with Crippen molar-refractivity contribution in [1.82, 2.24) is 19.4 Å². The number of carbonyl (C=O) groups is 3. The standard InChI is InChI=1S/C20H14ClF3N2O5S.C14H12ClFN2O4S.C6H3F3O.CH2O3.2Cs.H/c1-30-16-8-10(19(27)26-32(2,28)29)3-4-12(16)11-7-13(21)20(25-9-11)31-18-15(23)6-5-14(22)17(18)24;1-22-12-6-8(14(19)18-23(2,20)21)3-4-10(12)9-5-11(15)13(16)17-7-9;7-3-1-2-4(8)6(10)5(3)9;2-1-4-3;;;/h3-9H,1-2H3,(H,26,27);3-7H,1-2H3,(H,18,19);1-2,10H;1,3H;;;/q;;;;2*+1;-1/p-1. The number of aromatic hydroxyl groups is 1. The van der Waals surface area contributed by atoms with Crippen molar-refractivity contribution in [2.75, 3.05) is 26.7 Å². The monoisotopic (exact) mass is 1320 g/mol. The number of benzene rings is 4. The maximum Gasteiger partial charge on any atom is 1.00 e. The fourth-order valence-electron chi connectivity index (χ4n) is 5.03. The molecule has 0 radical (unpaired) electrons. The van der Waals surface area contributed by atoms with Crippen molar-refractivity contribution in [3.8, 4) is 51.1 Å². The molecule has 17 nitrogen and oxygen atoms in total. The van der Waals surface area contributed by atoms with E-state index in [4.69, 9.17) is 52.6 Å². The van der Waals surface area contributed by atoms with Crippen LogP contribution in [0, 0.1) is 40.9 Å². The second-order valence-electron chi connectivity index (χ2n) is 12.9. The number of nitrogens with zero attached hydrogens (tertiary/aromatic N) is 2. The minimum Gasteiger partial charge on any atom is -1.00 e. The number of halogens is 9. The van der Waals surface area contributed by atoms with Crippen LogP contribution in [0.4, 0.5) is 30.7 Å². The largest absolute Gasteiger partial charge is 1.00 e. The minimum atomic E-state index is -3.76. The molecule has 0 aliphatic rings. The summed E-state index contributed by atoms with van der Waals surface area (Å²) >= 11 is 11.8. The van der Waals surface area contributed by atoms with Gasteiger partial charge in [0, 0.05) is 45.8 Å². The summed E-state index contributed by atoms with van der Waals surface area (Å²) in [5, 5.41) is 16.5. The Labute approximate surface area is 528 Å². The summed E-state index contributed by atoms with van der Waals surface area (Å²) < 4.78 is 154. The van der Waals surface area contributed by atoms with E-state index in [2.05, 4.69) is 14.9 Å². The molecule has 3 N–H and O–H groups in total. The molecule has 2 heterocycles. The number of carbonyl (C=O) groups excluding carboxylic acids is 3. The van der Waals surface area contributed by atoms with Crippen molar-refractivity contribution in [3.05, 3.63) is 147 Å². The van der Waals surface area contributed by atoms with Gasteiger partial charge in [-0.2, -0.15) is 13.2 Å². The number of nitrogens with one attached hydrogen (secondary N) is 2. The van der Waals surface area contributed by atoms with Crippen LogP contribution in [0.15, 0.2) is 85.2 Å². The molecule has 2 aromatic heterocycles. The molecule has 4 aromatic carbocycles. The van der Waals surface area contributed by atoms with Gasteiger partial charge in [0.05, 0.1) is 31.8 Å². The summed E-state index contributed by atoms with van der Waals surface area (Å²) in [6.07, 6.45) is 4.25. The topological polar surface area (TPSA) is 250 Å². The van der Waals surface area contributed by atoms with Crippen LogP contribution >= 0.6 is 23.2 Å². The maximum absolute atomic E-state index is 13.8. The molecular formula is C41H31Cl2Cs2F7N4O13S2. The van der Waals surface area contributed by atoms with Gasteiger partial charge < -0.3 is 30.9 Å². The Balaban J connectivity index is 0.00000110. The van der Waals surface area contributed by atoms with E-state index in [1.165, 1.54) is 75.1 Å². The molecule has 0 atom stereocenters. The number of phenolic OH excluding ortho intramolecular Hbond substituents is 1. The number of hydrogen-bond acceptors (Lipinski definition) is 15. The SMILES string of the molecule is COc1cc(C(=O)NS(C)(=O)=O)ccc1-c1cnc(F)c(Cl)c1.COc1cc(C(=O)NS(C)(=O)=O)ccc1-c1cnc(Oc2c(F)ccc(F)c2F)c(Cl)c1.O=CO[O-].Oc1c(F)ccc(F)c1F.[Cs+].[Cs+].[H-]. The average molecular weight is 1320 g/mol. The van der Waals surface area contributed by atoms with Crippen molar-refractivity contribution in [3.63, 3.8) is 0 Å². The van der Waals surface area contributed by atoms with E-state index in [0.717, 1.165) is 12.5 Å². The Kier molecular flexibility index (Phi) is 28.1. The number of phenols is 1. The van der Waals surface area contributed by atoms with Crippen LogP contribution in [0.1, 0.15) is 22.1 Å². The van der Waals surface area contributed by atoms with Crippen molar-refractivity contribution in [1.29, 1.82) is 0 Å². The van der Waals surface area contributed by atoms with Crippen LogP contribution in [0.5, 0.6) is 28.9 Å². The van der Waals surface area contributed by atoms with Crippen LogP contribution in [-0.4, -0.2) is 76.9 Å². The first-order chi connectivity index (χ1) is 32.2. The molecule has 0 spiro atoms. The average Bonchev–Trinajstić information content (AvgIpc) is 3.30. The first-order valence-corrected chi connectivity index (χ1v) is 22.5. The smallest absolute Gasteiger partial charge is 1.00 e. The van der Waals surface area contributed by atoms with Crippen LogP contribution in [-0.2, 0) is 29.7 Å². The summed E-state index contributed by atoms with van der Waals surface area (Å²) in [6, 6.07) is 13.7. The van der Waals surface area contributed by atoms with Crippen molar-refractivity contribution in [2.24, 2.45) is 0 Å². The van der Waals surface area contributed by atoms with Gasteiger partial charge in [0.15, 0.2) is 29.0 Å². The molecule has 0 saturated heterocycles. The molecule has 0 saturated carbocycles. The van der Waals surface area contributed by atoms with Crippen LogP contribution in [0.3, 0.4) is 0 Å². The fourth-order valence-corrected chi connectivity index (χ4v) is 6.31. The number of pyridine rings is 2. The Bertz CT molecular complexity index is 3100. The Hall–Kier alpha value is -3.16. The van der Waals surface area contributed by atoms with E-state index in [9.17, 15) is 57.2 Å². The van der Waals surface area contributed by atoms with Crippen LogP contribution in [0.2, 0.25) is 10.0 Å². The molecule has 0 fully saturated rings. The summed E-state index contributed by atoms with van der Waals surface area (Å²) in [5.74, 6) is -12.6. The van der Waals surface area contributed by atoms with Crippen molar-refractivity contribution < 1.29 is 231 Å². The van der Waals surface area contributed by atoms with Gasteiger partial charge in [0.25, 0.3) is 18.3 Å². The number of rotatable bonds is 11. The fraction of sp³-hybridized carbons (Fsp3) is 0.0976. The van der Waals surface area contributed by atoms with Gasteiger partial charge in [-0.1, -0.05) is 23.2 Å². The van der Waals surface area contributed by atoms with Crippen LogP contribution in [0.25, 0.3) is 22.3 Å². The number of methoxy groups -OCH3 is 2. The molecule has 0 aliphatic carbocycles. The number of amides is 2. The molecule has 30 heteroatoms. The first-order valence-electron chi connectivity index (χ1n) is 18.0. The van der Waals surface area contributed by atoms with Crippen molar-refractivity contribution in [2.45, 2.75) is 0 Å². The third-order valence-corrected chi connectivity index (χ3v) is 9.62. The zero-order valence-corrected chi connectivity index (χ0v) is 52.8. The van der Waals surface area contributed by atoms with E-state index in [1.807, 2.05) is 9.44 Å². The number of ether oxygens (including phenoxy) is 3. The zero-order valence-electron chi connectivity index (χ0n) is 38.1. The molecule has 0 bridgehead atoms. The predicted octanol–water partition coefficient (Wildman–Crippen LogP) is 0.913. The molecule has 6 rings (SSSR count). The summed E-state index contributed by atoms with van der Waals surface area (Å²) in [4.78, 5) is 42.6. The molecular weight excluding hydrogens is 1290 g/mol. The summed E-state index contributed by atoms with van der Waals surface area (Å²) in [5.41, 5.74) is 1.94. The molecule has 2 amide bonds. The summed E-state index contributed by atoms with van der Waals surface area (Å²) in [6.45, 7) is -0.181. The van der Waals surface area contributed by atoms with Gasteiger partial charge in [-0.3, -0.25) is 14.4 Å². The normalized spacial score (nSPS) is 10.3. The van der Waals surface area contributed by atoms with E-state index in [0.29, 0.717) is 46.5 Å². The molecule has 71 heavy (non-hydrogen) atoms. The second kappa shape index (κ2) is 30.3. The Morgan fingerprint density at radius 2 is 1.07 bits per heavy atom. The Morgan fingerprint density at radius 1 is 0.662 bits per heavy atom. The van der Waals surface area contributed by atoms with Crippen molar-refractivity contribution >= 4 is 61.5 Å². The minimum absolute atomic E-state index is 0. The van der Waals surface area contributed by atoms with Gasteiger partial charge in [-0.05, 0) is 72.8 Å². The van der Waals surface area contributed by atoms with Gasteiger partial charge in [0.1, 0.15) is 16.5 Å². The Morgan fingerprint density at radius 3 is 1.46 bits per heavy atom. The predicted molar refractivity (Wildman–Crippen MR) is 230 cm³/mol. The van der Waals surface area contributed by atoms with E-state index in [1.54, 1.807) is 0 Å². The van der Waals surface area contributed by atoms with E-state index in [-0.39, 0.29) is 184 Å². The third kappa shape index (κ3) is 20.2. The molecule has 6 aromatic rings. The zero-order chi connectivity index (χ0) is 52.0. The molecule has 0 aliphatic heterocycles. The van der Waals surface area contributed by atoms with Gasteiger partial charge in [-0.25, -0.2) is 53.8 Å². The maximum atomic E-state index is 13.8. The number of aromatic nitrogens is 2. The number of hydrogen-bond donors (Lipinski definition) is 3. The summed E-state index contributed by atoms with van der Waals surface area (Å²) in [7, 11) is -4.71. The molecule has 370 valence electrons. The third-order valence-electron chi connectivity index (χ3n) is 7.97. The number of sulfonamides is 2.